The zero-order chi connectivity index (χ0) is 18.1. The number of amides is 1. The van der Waals surface area contributed by atoms with Crippen molar-refractivity contribution in [3.8, 4) is 5.95 Å². The molecular formula is C19H24N6O. The molecule has 26 heavy (non-hydrogen) atoms. The van der Waals surface area contributed by atoms with E-state index in [0.717, 1.165) is 36.6 Å². The first-order valence-corrected chi connectivity index (χ1v) is 9.49. The minimum atomic E-state index is -0.410. The molecule has 0 radical (unpaired) electrons. The Bertz CT molecular complexity index is 886. The summed E-state index contributed by atoms with van der Waals surface area (Å²) >= 11 is 0. The number of aromatic nitrogens is 4. The summed E-state index contributed by atoms with van der Waals surface area (Å²) in [4.78, 5) is 31.1. The summed E-state index contributed by atoms with van der Waals surface area (Å²) in [6.45, 7) is 4.12. The highest BCUT2D eigenvalue weighted by atomic mass is 16.2. The highest BCUT2D eigenvalue weighted by molar-refractivity contribution is 6.09. The largest absolute Gasteiger partial charge is 0.337 e. The molecule has 3 aliphatic rings. The molecule has 3 heterocycles. The monoisotopic (exact) mass is 352 g/mol. The van der Waals surface area contributed by atoms with Gasteiger partial charge in [0.2, 0.25) is 5.95 Å². The van der Waals surface area contributed by atoms with Crippen molar-refractivity contribution in [2.45, 2.75) is 57.5 Å². The maximum atomic E-state index is 13.2. The number of carbonyl (C=O) groups excluding carboxylic acids is 1. The highest BCUT2D eigenvalue weighted by Crippen LogP contribution is 2.57. The average molecular weight is 352 g/mol. The lowest BCUT2D eigenvalue weighted by atomic mass is 10.0. The standard InChI is InChI=1S/C19H24N6O/c1-12-10-19(12)17(26)23(3)15-11-21-18(24-9-8-20-13(24)2)22-16(15)25(19)14-6-4-5-7-14/h8-9,11-12,14H,4-7,10H2,1-3H3/t12-,19?/m0/s1. The lowest BCUT2D eigenvalue weighted by Gasteiger charge is -2.45. The molecule has 0 aromatic carbocycles. The van der Waals surface area contributed by atoms with Gasteiger partial charge < -0.3 is 9.80 Å². The molecular weight excluding hydrogens is 328 g/mol. The Hall–Kier alpha value is -2.44. The Balaban J connectivity index is 1.69. The Morgan fingerprint density at radius 2 is 1.96 bits per heavy atom. The van der Waals surface area contributed by atoms with Gasteiger partial charge in [0.25, 0.3) is 5.91 Å². The number of nitrogens with zero attached hydrogens (tertiary/aromatic N) is 6. The molecule has 5 rings (SSSR count). The van der Waals surface area contributed by atoms with E-state index in [1.54, 1.807) is 17.3 Å². The first kappa shape index (κ1) is 15.8. The van der Waals surface area contributed by atoms with Crippen LogP contribution in [0, 0.1) is 12.8 Å². The van der Waals surface area contributed by atoms with Gasteiger partial charge in [-0.25, -0.2) is 9.97 Å². The second-order valence-corrected chi connectivity index (χ2v) is 7.93. The number of anilines is 2. The number of carbonyl (C=O) groups is 1. The Kier molecular flexibility index (Phi) is 3.21. The van der Waals surface area contributed by atoms with E-state index in [4.69, 9.17) is 4.98 Å². The van der Waals surface area contributed by atoms with Gasteiger partial charge in [-0.05, 0) is 32.1 Å². The number of aryl methyl sites for hydroxylation is 1. The average Bonchev–Trinajstić information content (AvgIpc) is 3.02. The van der Waals surface area contributed by atoms with Gasteiger partial charge in [-0.1, -0.05) is 19.8 Å². The molecule has 7 nitrogen and oxygen atoms in total. The lowest BCUT2D eigenvalue weighted by molar-refractivity contribution is -0.121. The van der Waals surface area contributed by atoms with Gasteiger partial charge in [0, 0.05) is 25.5 Å². The minimum Gasteiger partial charge on any atom is -0.337 e. The molecule has 2 saturated carbocycles. The summed E-state index contributed by atoms with van der Waals surface area (Å²) < 4.78 is 1.90. The zero-order valence-electron chi connectivity index (χ0n) is 15.5. The molecule has 1 unspecified atom stereocenters. The van der Waals surface area contributed by atoms with Crippen LogP contribution in [0.15, 0.2) is 18.6 Å². The molecule has 7 heteroatoms. The number of imidazole rings is 1. The molecule has 1 aliphatic heterocycles. The van der Waals surface area contributed by atoms with E-state index in [2.05, 4.69) is 21.8 Å². The van der Waals surface area contributed by atoms with Crippen molar-refractivity contribution in [3.05, 3.63) is 24.4 Å². The smallest absolute Gasteiger partial charge is 0.253 e. The van der Waals surface area contributed by atoms with Crippen molar-refractivity contribution >= 4 is 17.4 Å². The van der Waals surface area contributed by atoms with Gasteiger partial charge in [-0.15, -0.1) is 0 Å². The Labute approximate surface area is 153 Å². The first-order chi connectivity index (χ1) is 12.5. The van der Waals surface area contributed by atoms with Gasteiger partial charge >= 0.3 is 0 Å². The molecule has 1 amide bonds. The quantitative estimate of drug-likeness (QED) is 0.831. The summed E-state index contributed by atoms with van der Waals surface area (Å²) in [7, 11) is 1.85. The third kappa shape index (κ3) is 1.94. The van der Waals surface area contributed by atoms with Crippen LogP contribution in [0.4, 0.5) is 11.5 Å². The van der Waals surface area contributed by atoms with E-state index < -0.39 is 5.54 Å². The van der Waals surface area contributed by atoms with E-state index in [1.165, 1.54) is 12.8 Å². The van der Waals surface area contributed by atoms with E-state index in [9.17, 15) is 4.79 Å². The molecule has 2 aromatic rings. The van der Waals surface area contributed by atoms with Gasteiger partial charge in [-0.2, -0.15) is 4.98 Å². The summed E-state index contributed by atoms with van der Waals surface area (Å²) in [6.07, 6.45) is 11.1. The SMILES string of the molecule is Cc1nccn1-c1ncc2c(n1)N(C1CCCC1)C1(C[C@@H]1C)C(=O)N2C. The number of fused-ring (bicyclic) bond motifs is 1. The second kappa shape index (κ2) is 5.28. The van der Waals surface area contributed by atoms with E-state index >= 15 is 0 Å². The van der Waals surface area contributed by atoms with Crippen LogP contribution in [-0.2, 0) is 4.79 Å². The van der Waals surface area contributed by atoms with Crippen molar-refractivity contribution < 1.29 is 4.79 Å². The van der Waals surface area contributed by atoms with E-state index in [0.29, 0.717) is 17.9 Å². The maximum absolute atomic E-state index is 13.2. The fourth-order valence-corrected chi connectivity index (χ4v) is 4.87. The molecule has 0 bridgehead atoms. The fourth-order valence-electron chi connectivity index (χ4n) is 4.87. The van der Waals surface area contributed by atoms with Crippen LogP contribution in [0.5, 0.6) is 0 Å². The molecule has 2 fully saturated rings. The van der Waals surface area contributed by atoms with Crippen molar-refractivity contribution in [2.75, 3.05) is 16.8 Å². The van der Waals surface area contributed by atoms with Crippen LogP contribution in [0.2, 0.25) is 0 Å². The Morgan fingerprint density at radius 3 is 2.58 bits per heavy atom. The molecule has 2 aromatic heterocycles. The van der Waals surface area contributed by atoms with Crippen molar-refractivity contribution in [1.82, 2.24) is 19.5 Å². The number of hydrogen-bond donors (Lipinski definition) is 0. The van der Waals surface area contributed by atoms with Crippen LogP contribution >= 0.6 is 0 Å². The van der Waals surface area contributed by atoms with Crippen LogP contribution in [0.25, 0.3) is 5.95 Å². The van der Waals surface area contributed by atoms with Gasteiger partial charge in [-0.3, -0.25) is 9.36 Å². The minimum absolute atomic E-state index is 0.194. The van der Waals surface area contributed by atoms with Crippen LogP contribution in [0.1, 0.15) is 44.9 Å². The van der Waals surface area contributed by atoms with Gasteiger partial charge in [0.15, 0.2) is 5.82 Å². The Morgan fingerprint density at radius 1 is 1.23 bits per heavy atom. The predicted octanol–water partition coefficient (Wildman–Crippen LogP) is 2.47. The van der Waals surface area contributed by atoms with Gasteiger partial charge in [0.05, 0.1) is 6.20 Å². The number of rotatable bonds is 2. The van der Waals surface area contributed by atoms with E-state index in [-0.39, 0.29) is 5.91 Å². The topological polar surface area (TPSA) is 67.2 Å². The van der Waals surface area contributed by atoms with Gasteiger partial charge in [0.1, 0.15) is 17.1 Å². The lowest BCUT2D eigenvalue weighted by Crippen LogP contribution is -2.59. The van der Waals surface area contributed by atoms with Crippen LogP contribution in [0.3, 0.4) is 0 Å². The first-order valence-electron chi connectivity index (χ1n) is 9.49. The molecule has 2 aliphatic carbocycles. The summed E-state index contributed by atoms with van der Waals surface area (Å²) in [6, 6.07) is 0.392. The molecule has 2 atom stereocenters. The number of hydrogen-bond acceptors (Lipinski definition) is 5. The highest BCUT2D eigenvalue weighted by Gasteiger charge is 2.66. The van der Waals surface area contributed by atoms with Crippen LogP contribution < -0.4 is 9.80 Å². The molecule has 0 saturated heterocycles. The van der Waals surface area contributed by atoms with Crippen LogP contribution in [-0.4, -0.2) is 44.1 Å². The van der Waals surface area contributed by atoms with Crippen molar-refractivity contribution in [2.24, 2.45) is 5.92 Å². The third-order valence-electron chi connectivity index (χ3n) is 6.44. The second-order valence-electron chi connectivity index (χ2n) is 7.93. The zero-order valence-corrected chi connectivity index (χ0v) is 15.5. The van der Waals surface area contributed by atoms with E-state index in [1.807, 2.05) is 24.7 Å². The molecule has 136 valence electrons. The summed E-state index contributed by atoms with van der Waals surface area (Å²) in [5.41, 5.74) is 0.403. The van der Waals surface area contributed by atoms with Crippen molar-refractivity contribution in [1.29, 1.82) is 0 Å². The predicted molar refractivity (Wildman–Crippen MR) is 98.5 cm³/mol. The summed E-state index contributed by atoms with van der Waals surface area (Å²) in [5.74, 6) is 2.93. The normalized spacial score (nSPS) is 28.1. The number of likely N-dealkylation sites (N-methyl/N-ethyl adjacent to an activating group) is 1. The maximum Gasteiger partial charge on any atom is 0.253 e. The van der Waals surface area contributed by atoms with Crippen molar-refractivity contribution in [3.63, 3.8) is 0 Å². The molecule has 0 N–H and O–H groups in total. The fraction of sp³-hybridized carbons (Fsp3) is 0.579. The molecule has 1 spiro atoms. The summed E-state index contributed by atoms with van der Waals surface area (Å²) in [5, 5.41) is 0. The third-order valence-corrected chi connectivity index (χ3v) is 6.44.